The van der Waals surface area contributed by atoms with Crippen molar-refractivity contribution in [3.05, 3.63) is 41.3 Å². The van der Waals surface area contributed by atoms with Crippen LogP contribution in [0.3, 0.4) is 0 Å². The topological polar surface area (TPSA) is 41.3 Å². The highest BCUT2D eigenvalue weighted by Crippen LogP contribution is 2.33. The van der Waals surface area contributed by atoms with E-state index in [4.69, 9.17) is 4.42 Å². The number of rotatable bonds is 4. The van der Waals surface area contributed by atoms with Gasteiger partial charge in [0.05, 0.1) is 5.69 Å². The minimum Gasteiger partial charge on any atom is -0.431 e. The average molecular weight is 285 g/mol. The number of nitrogens with one attached hydrogen (secondary N) is 1. The molecule has 0 unspecified atom stereocenters. The number of hydrogen-bond acceptors (Lipinski definition) is 4. The van der Waals surface area contributed by atoms with Crippen LogP contribution >= 0.6 is 0 Å². The summed E-state index contributed by atoms with van der Waals surface area (Å²) in [7, 11) is 0. The zero-order chi connectivity index (χ0) is 14.8. The molecule has 0 fully saturated rings. The Balaban J connectivity index is 1.82. The molecule has 0 saturated carbocycles. The Hall–Kier alpha value is -1.81. The van der Waals surface area contributed by atoms with E-state index < -0.39 is 0 Å². The number of aromatic nitrogens is 1. The predicted octanol–water partition coefficient (Wildman–Crippen LogP) is 3.57. The summed E-state index contributed by atoms with van der Waals surface area (Å²) < 4.78 is 5.70. The van der Waals surface area contributed by atoms with Gasteiger partial charge < -0.3 is 9.73 Å². The highest BCUT2D eigenvalue weighted by Gasteiger charge is 2.21. The van der Waals surface area contributed by atoms with Crippen molar-refractivity contribution in [2.75, 3.05) is 11.4 Å². The van der Waals surface area contributed by atoms with Gasteiger partial charge in [-0.3, -0.25) is 4.90 Å². The third-order valence-corrected chi connectivity index (χ3v) is 3.82. The Bertz CT molecular complexity index is 618. The average Bonchev–Trinajstić information content (AvgIpc) is 2.93. The Morgan fingerprint density at radius 3 is 3.05 bits per heavy atom. The second kappa shape index (κ2) is 5.90. The summed E-state index contributed by atoms with van der Waals surface area (Å²) in [4.78, 5) is 6.82. The quantitative estimate of drug-likeness (QED) is 0.932. The van der Waals surface area contributed by atoms with Gasteiger partial charge in [-0.05, 0) is 31.4 Å². The number of nitrogens with zero attached hydrogens (tertiary/aromatic N) is 2. The molecular formula is C17H23N3O. The second-order valence-corrected chi connectivity index (χ2v) is 6.04. The van der Waals surface area contributed by atoms with Crippen molar-refractivity contribution in [3.8, 4) is 0 Å². The van der Waals surface area contributed by atoms with E-state index >= 15 is 0 Å². The number of oxazole rings is 1. The van der Waals surface area contributed by atoms with E-state index in [9.17, 15) is 0 Å². The maximum Gasteiger partial charge on any atom is 0.302 e. The van der Waals surface area contributed by atoms with E-state index in [0.717, 1.165) is 31.6 Å². The molecule has 3 rings (SSSR count). The largest absolute Gasteiger partial charge is 0.431 e. The van der Waals surface area contributed by atoms with Gasteiger partial charge in [0, 0.05) is 24.8 Å². The van der Waals surface area contributed by atoms with Crippen LogP contribution in [0.15, 0.2) is 28.9 Å². The van der Waals surface area contributed by atoms with Crippen molar-refractivity contribution in [3.63, 3.8) is 0 Å². The van der Waals surface area contributed by atoms with E-state index in [0.29, 0.717) is 12.1 Å². The Morgan fingerprint density at radius 2 is 2.24 bits per heavy atom. The Morgan fingerprint density at radius 1 is 1.38 bits per heavy atom. The van der Waals surface area contributed by atoms with Gasteiger partial charge in [0.15, 0.2) is 0 Å². The summed E-state index contributed by atoms with van der Waals surface area (Å²) in [5, 5.41) is 3.36. The van der Waals surface area contributed by atoms with Crippen LogP contribution in [0.5, 0.6) is 0 Å². The molecule has 112 valence electrons. The summed E-state index contributed by atoms with van der Waals surface area (Å²) >= 11 is 0. The van der Waals surface area contributed by atoms with Crippen LogP contribution in [0.25, 0.3) is 0 Å². The highest BCUT2D eigenvalue weighted by atomic mass is 16.4. The Kier molecular flexibility index (Phi) is 3.97. The molecule has 1 aromatic heterocycles. The molecule has 1 N–H and O–H groups in total. The number of benzene rings is 1. The lowest BCUT2D eigenvalue weighted by molar-refractivity contribution is 0.540. The fourth-order valence-electron chi connectivity index (χ4n) is 2.73. The maximum atomic E-state index is 5.70. The fourth-order valence-corrected chi connectivity index (χ4v) is 2.73. The number of hydrogen-bond donors (Lipinski definition) is 1. The molecule has 1 aliphatic heterocycles. The fraction of sp³-hybridized carbons (Fsp3) is 0.471. The lowest BCUT2D eigenvalue weighted by atomic mass is 10.00. The minimum atomic E-state index is 0.448. The molecule has 4 heteroatoms. The third-order valence-electron chi connectivity index (χ3n) is 3.82. The summed E-state index contributed by atoms with van der Waals surface area (Å²) in [6.07, 6.45) is 4.03. The van der Waals surface area contributed by atoms with Crippen molar-refractivity contribution in [1.29, 1.82) is 0 Å². The van der Waals surface area contributed by atoms with Gasteiger partial charge in [0.1, 0.15) is 6.26 Å². The first-order valence-electron chi connectivity index (χ1n) is 7.68. The molecule has 1 aliphatic rings. The van der Waals surface area contributed by atoms with E-state index in [2.05, 4.69) is 54.2 Å². The van der Waals surface area contributed by atoms with Crippen molar-refractivity contribution in [1.82, 2.24) is 10.3 Å². The van der Waals surface area contributed by atoms with E-state index in [1.165, 1.54) is 16.8 Å². The molecule has 0 atom stereocenters. The monoisotopic (exact) mass is 285 g/mol. The lowest BCUT2D eigenvalue weighted by Gasteiger charge is -2.28. The van der Waals surface area contributed by atoms with Crippen LogP contribution in [-0.4, -0.2) is 17.6 Å². The van der Waals surface area contributed by atoms with Crippen molar-refractivity contribution < 1.29 is 4.42 Å². The van der Waals surface area contributed by atoms with Gasteiger partial charge in [0.2, 0.25) is 0 Å². The minimum absolute atomic E-state index is 0.448. The van der Waals surface area contributed by atoms with Crippen LogP contribution in [0, 0.1) is 6.92 Å². The first-order valence-corrected chi connectivity index (χ1v) is 7.68. The third kappa shape index (κ3) is 3.10. The van der Waals surface area contributed by atoms with Gasteiger partial charge in [-0.2, -0.15) is 4.98 Å². The van der Waals surface area contributed by atoms with Gasteiger partial charge in [-0.15, -0.1) is 0 Å². The van der Waals surface area contributed by atoms with E-state index in [1.54, 1.807) is 6.26 Å². The SMILES string of the molecule is Cc1ccc2c(c1)CCCN2c1nc(CNC(C)C)co1. The van der Waals surface area contributed by atoms with E-state index in [-0.39, 0.29) is 0 Å². The summed E-state index contributed by atoms with van der Waals surface area (Å²) in [5.41, 5.74) is 4.89. The summed E-state index contributed by atoms with van der Waals surface area (Å²) in [5.74, 6) is 0. The molecule has 2 aromatic rings. The summed E-state index contributed by atoms with van der Waals surface area (Å²) in [6.45, 7) is 8.11. The standard InChI is InChI=1S/C17H23N3O/c1-12(2)18-10-15-11-21-17(19-15)20-8-4-5-14-9-13(3)6-7-16(14)20/h6-7,9,11-12,18H,4-5,8,10H2,1-3H3. The molecule has 21 heavy (non-hydrogen) atoms. The lowest BCUT2D eigenvalue weighted by Crippen LogP contribution is -2.25. The number of anilines is 2. The van der Waals surface area contributed by atoms with Crippen molar-refractivity contribution in [2.24, 2.45) is 0 Å². The number of aryl methyl sites for hydroxylation is 2. The smallest absolute Gasteiger partial charge is 0.302 e. The van der Waals surface area contributed by atoms with Crippen molar-refractivity contribution in [2.45, 2.75) is 46.2 Å². The first-order chi connectivity index (χ1) is 10.1. The van der Waals surface area contributed by atoms with Gasteiger partial charge >= 0.3 is 6.01 Å². The van der Waals surface area contributed by atoms with Gasteiger partial charge in [0.25, 0.3) is 0 Å². The van der Waals surface area contributed by atoms with Crippen LogP contribution < -0.4 is 10.2 Å². The van der Waals surface area contributed by atoms with Crippen LogP contribution in [0.1, 0.15) is 37.1 Å². The predicted molar refractivity (Wildman–Crippen MR) is 85.0 cm³/mol. The maximum absolute atomic E-state index is 5.70. The van der Waals surface area contributed by atoms with Crippen LogP contribution in [0.2, 0.25) is 0 Å². The molecule has 0 saturated heterocycles. The molecule has 0 bridgehead atoms. The first kappa shape index (κ1) is 14.1. The molecule has 4 nitrogen and oxygen atoms in total. The Labute approximate surface area is 126 Å². The molecule has 2 heterocycles. The molecule has 1 aromatic carbocycles. The number of fused-ring (bicyclic) bond motifs is 1. The molecule has 0 amide bonds. The van der Waals surface area contributed by atoms with Gasteiger partial charge in [-0.1, -0.05) is 31.5 Å². The van der Waals surface area contributed by atoms with Crippen LogP contribution in [0.4, 0.5) is 11.7 Å². The normalized spacial score (nSPS) is 14.6. The van der Waals surface area contributed by atoms with Crippen LogP contribution in [-0.2, 0) is 13.0 Å². The second-order valence-electron chi connectivity index (χ2n) is 6.04. The zero-order valence-electron chi connectivity index (χ0n) is 13.0. The van der Waals surface area contributed by atoms with Crippen molar-refractivity contribution >= 4 is 11.7 Å². The van der Waals surface area contributed by atoms with Gasteiger partial charge in [-0.25, -0.2) is 0 Å². The molecule has 0 radical (unpaired) electrons. The molecule has 0 spiro atoms. The molecule has 0 aliphatic carbocycles. The summed E-state index contributed by atoms with van der Waals surface area (Å²) in [6, 6.07) is 7.76. The highest BCUT2D eigenvalue weighted by molar-refractivity contribution is 5.63. The zero-order valence-corrected chi connectivity index (χ0v) is 13.0. The molecular weight excluding hydrogens is 262 g/mol. The van der Waals surface area contributed by atoms with E-state index in [1.807, 2.05) is 0 Å².